The summed E-state index contributed by atoms with van der Waals surface area (Å²) in [6.45, 7) is 3.82. The Hall–Kier alpha value is -2.96. The number of ketones is 1. The van der Waals surface area contributed by atoms with Gasteiger partial charge in [0, 0.05) is 11.6 Å². The summed E-state index contributed by atoms with van der Waals surface area (Å²) >= 11 is 7.46. The van der Waals surface area contributed by atoms with Gasteiger partial charge in [0.1, 0.15) is 0 Å². The highest BCUT2D eigenvalue weighted by molar-refractivity contribution is 7.14. The maximum atomic E-state index is 13.4. The molecule has 2 heterocycles. The van der Waals surface area contributed by atoms with Gasteiger partial charge in [0.2, 0.25) is 5.78 Å². The van der Waals surface area contributed by atoms with Crippen LogP contribution in [-0.4, -0.2) is 26.7 Å². The van der Waals surface area contributed by atoms with Crippen molar-refractivity contribution < 1.29 is 14.7 Å². The predicted molar refractivity (Wildman–Crippen MR) is 117 cm³/mol. The summed E-state index contributed by atoms with van der Waals surface area (Å²) in [6, 6.07) is 15.7. The zero-order valence-corrected chi connectivity index (χ0v) is 18.0. The van der Waals surface area contributed by atoms with Gasteiger partial charge in [-0.25, -0.2) is 4.98 Å². The number of Topliss-reactive ketones (excluding diaryl/α,β-unsaturated/α-hetero) is 1. The fraction of sp³-hybridized carbons (Fsp3) is 0.174. The third-order valence-corrected chi connectivity index (χ3v) is 6.32. The van der Waals surface area contributed by atoms with Crippen molar-refractivity contribution >= 4 is 34.6 Å². The van der Waals surface area contributed by atoms with E-state index in [-0.39, 0.29) is 17.9 Å². The van der Waals surface area contributed by atoms with Crippen molar-refractivity contribution in [3.05, 3.63) is 97.7 Å². The fourth-order valence-corrected chi connectivity index (χ4v) is 4.79. The van der Waals surface area contributed by atoms with Crippen LogP contribution in [0, 0.1) is 13.8 Å². The predicted octanol–water partition coefficient (Wildman–Crippen LogP) is 5.19. The highest BCUT2D eigenvalue weighted by atomic mass is 35.5. The van der Waals surface area contributed by atoms with Gasteiger partial charge in [0.15, 0.2) is 5.76 Å². The first-order chi connectivity index (χ1) is 14.4. The lowest BCUT2D eigenvalue weighted by molar-refractivity contribution is -0.130. The molecule has 5 nitrogen and oxygen atoms in total. The second-order valence-electron chi connectivity index (χ2n) is 7.12. The molecular formula is C23H19ClN2O3S. The average Bonchev–Trinajstić information content (AvgIpc) is 3.19. The summed E-state index contributed by atoms with van der Waals surface area (Å²) in [6.07, 6.45) is 0. The maximum Gasteiger partial charge on any atom is 0.290 e. The summed E-state index contributed by atoms with van der Waals surface area (Å²) in [5, 5.41) is 12.0. The molecule has 0 spiro atoms. The summed E-state index contributed by atoms with van der Waals surface area (Å²) in [5.41, 5.74) is 2.20. The molecule has 152 valence electrons. The maximum absolute atomic E-state index is 13.4. The summed E-state index contributed by atoms with van der Waals surface area (Å²) in [4.78, 5) is 32.7. The standard InChI is InChI=1S/C23H19ClN2O3S/c1-13-22(30-14(2)25-13)20(27)18-19(16-9-6-10-17(24)11-16)26(23(29)21(18)28)12-15-7-4-3-5-8-15/h3-11,19,28H,12H2,1-2H3. The fourth-order valence-electron chi connectivity index (χ4n) is 3.72. The van der Waals surface area contributed by atoms with Crippen LogP contribution in [-0.2, 0) is 11.3 Å². The number of hydrogen-bond donors (Lipinski definition) is 1. The van der Waals surface area contributed by atoms with Crippen LogP contribution in [0.5, 0.6) is 0 Å². The van der Waals surface area contributed by atoms with Gasteiger partial charge in [0.05, 0.1) is 27.2 Å². The van der Waals surface area contributed by atoms with E-state index in [0.717, 1.165) is 10.6 Å². The molecular weight excluding hydrogens is 420 g/mol. The highest BCUT2D eigenvalue weighted by Crippen LogP contribution is 2.41. The van der Waals surface area contributed by atoms with Gasteiger partial charge in [0.25, 0.3) is 5.91 Å². The van der Waals surface area contributed by atoms with Crippen LogP contribution in [0.15, 0.2) is 65.9 Å². The van der Waals surface area contributed by atoms with Gasteiger partial charge in [-0.1, -0.05) is 54.1 Å². The van der Waals surface area contributed by atoms with E-state index in [2.05, 4.69) is 4.98 Å². The number of thiazole rings is 1. The number of hydrogen-bond acceptors (Lipinski definition) is 5. The largest absolute Gasteiger partial charge is 0.503 e. The third-order valence-electron chi connectivity index (χ3n) is 5.02. The number of nitrogens with zero attached hydrogens (tertiary/aromatic N) is 2. The van der Waals surface area contributed by atoms with Gasteiger partial charge in [-0.2, -0.15) is 0 Å². The summed E-state index contributed by atoms with van der Waals surface area (Å²) in [5.74, 6) is -1.48. The molecule has 0 bridgehead atoms. The molecule has 0 saturated heterocycles. The van der Waals surface area contributed by atoms with Crippen molar-refractivity contribution in [2.45, 2.75) is 26.4 Å². The molecule has 1 unspecified atom stereocenters. The van der Waals surface area contributed by atoms with Crippen molar-refractivity contribution in [2.75, 3.05) is 0 Å². The molecule has 30 heavy (non-hydrogen) atoms. The molecule has 0 saturated carbocycles. The minimum Gasteiger partial charge on any atom is -0.503 e. The Morgan fingerprint density at radius 1 is 1.17 bits per heavy atom. The molecule has 7 heteroatoms. The average molecular weight is 439 g/mol. The molecule has 4 rings (SSSR count). The summed E-state index contributed by atoms with van der Waals surface area (Å²) < 4.78 is 0. The Labute approximate surface area is 183 Å². The number of rotatable bonds is 5. The zero-order chi connectivity index (χ0) is 21.4. The van der Waals surface area contributed by atoms with Gasteiger partial charge in [-0.15, -0.1) is 11.3 Å². The SMILES string of the molecule is Cc1nc(C)c(C(=O)C2=C(O)C(=O)N(Cc3ccccc3)C2c2cccc(Cl)c2)s1. The van der Waals surface area contributed by atoms with E-state index >= 15 is 0 Å². The Balaban J connectivity index is 1.83. The van der Waals surface area contributed by atoms with E-state index < -0.39 is 17.7 Å². The first-order valence-corrected chi connectivity index (χ1v) is 10.6. The van der Waals surface area contributed by atoms with E-state index in [9.17, 15) is 14.7 Å². The zero-order valence-electron chi connectivity index (χ0n) is 16.4. The van der Waals surface area contributed by atoms with Gasteiger partial charge in [-0.05, 0) is 37.1 Å². The lowest BCUT2D eigenvalue weighted by Crippen LogP contribution is -2.30. The van der Waals surface area contributed by atoms with Crippen molar-refractivity contribution in [1.29, 1.82) is 0 Å². The molecule has 1 aliphatic heterocycles. The van der Waals surface area contributed by atoms with E-state index in [4.69, 9.17) is 11.6 Å². The number of halogens is 1. The van der Waals surface area contributed by atoms with E-state index in [1.54, 1.807) is 31.2 Å². The van der Waals surface area contributed by atoms with Crippen molar-refractivity contribution in [1.82, 2.24) is 9.88 Å². The van der Waals surface area contributed by atoms with E-state index in [1.807, 2.05) is 37.3 Å². The molecule has 1 N–H and O–H groups in total. The number of benzene rings is 2. The second-order valence-corrected chi connectivity index (χ2v) is 8.75. The number of aliphatic hydroxyl groups excluding tert-OH is 1. The molecule has 2 aromatic carbocycles. The van der Waals surface area contributed by atoms with E-state index in [1.165, 1.54) is 16.2 Å². The number of carbonyl (C=O) groups excluding carboxylic acids is 2. The number of aromatic nitrogens is 1. The first-order valence-electron chi connectivity index (χ1n) is 9.39. The molecule has 1 atom stereocenters. The Morgan fingerprint density at radius 3 is 2.53 bits per heavy atom. The van der Waals surface area contributed by atoms with Crippen molar-refractivity contribution in [3.63, 3.8) is 0 Å². The smallest absolute Gasteiger partial charge is 0.290 e. The Kier molecular flexibility index (Phi) is 5.45. The van der Waals surface area contributed by atoms with E-state index in [0.29, 0.717) is 21.2 Å². The van der Waals surface area contributed by atoms with Gasteiger partial charge >= 0.3 is 0 Å². The van der Waals surface area contributed by atoms with Crippen LogP contribution in [0.2, 0.25) is 5.02 Å². The first kappa shape index (κ1) is 20.3. The third kappa shape index (κ3) is 3.64. The number of aryl methyl sites for hydroxylation is 2. The molecule has 0 fully saturated rings. The molecule has 0 radical (unpaired) electrons. The van der Waals surface area contributed by atoms with Crippen LogP contribution >= 0.6 is 22.9 Å². The molecule has 1 aliphatic rings. The second kappa shape index (κ2) is 8.05. The molecule has 0 aliphatic carbocycles. The normalized spacial score (nSPS) is 16.4. The lowest BCUT2D eigenvalue weighted by Gasteiger charge is -2.27. The van der Waals surface area contributed by atoms with Crippen LogP contribution < -0.4 is 0 Å². The number of carbonyl (C=O) groups is 2. The number of aliphatic hydroxyl groups is 1. The highest BCUT2D eigenvalue weighted by Gasteiger charge is 2.44. The lowest BCUT2D eigenvalue weighted by atomic mass is 9.95. The Bertz CT molecular complexity index is 1170. The topological polar surface area (TPSA) is 70.5 Å². The van der Waals surface area contributed by atoms with Crippen LogP contribution in [0.1, 0.15) is 37.5 Å². The molecule has 3 aromatic rings. The number of amides is 1. The quantitative estimate of drug-likeness (QED) is 0.556. The molecule has 1 aromatic heterocycles. The molecule has 1 amide bonds. The minimum atomic E-state index is -0.745. The van der Waals surface area contributed by atoms with Crippen LogP contribution in [0.3, 0.4) is 0 Å². The van der Waals surface area contributed by atoms with Gasteiger partial charge in [-0.3, -0.25) is 9.59 Å². The van der Waals surface area contributed by atoms with Crippen LogP contribution in [0.4, 0.5) is 0 Å². The Morgan fingerprint density at radius 2 is 1.90 bits per heavy atom. The van der Waals surface area contributed by atoms with Crippen molar-refractivity contribution in [2.24, 2.45) is 0 Å². The summed E-state index contributed by atoms with van der Waals surface area (Å²) in [7, 11) is 0. The minimum absolute atomic E-state index is 0.0601. The van der Waals surface area contributed by atoms with Crippen LogP contribution in [0.25, 0.3) is 0 Å². The van der Waals surface area contributed by atoms with Crippen molar-refractivity contribution in [3.8, 4) is 0 Å². The van der Waals surface area contributed by atoms with Gasteiger partial charge < -0.3 is 10.0 Å². The monoisotopic (exact) mass is 438 g/mol.